The Morgan fingerprint density at radius 2 is 1.85 bits per heavy atom. The normalized spacial score (nSPS) is 14.9. The van der Waals surface area contributed by atoms with Crippen LogP contribution in [0.25, 0.3) is 5.57 Å². The highest BCUT2D eigenvalue weighted by molar-refractivity contribution is 6.12. The zero-order valence-corrected chi connectivity index (χ0v) is 18.2. The maximum Gasteiger partial charge on any atom is 0.416 e. The number of benzene rings is 2. The van der Waals surface area contributed by atoms with Gasteiger partial charge in [0.1, 0.15) is 5.82 Å². The van der Waals surface area contributed by atoms with Crippen LogP contribution in [0.1, 0.15) is 53.2 Å². The Kier molecular flexibility index (Phi) is 7.09. The van der Waals surface area contributed by atoms with Crippen LogP contribution in [0, 0.1) is 11.2 Å². The SMILES string of the molecule is CCCN/C=C(\C=N)c1ccc(NC(=O)C2(c3ccc(C(F)(F)F)cc3F)CC2)cc1C(=O)O. The number of hydrogen-bond acceptors (Lipinski definition) is 4. The van der Waals surface area contributed by atoms with Crippen LogP contribution in [0.2, 0.25) is 0 Å². The summed E-state index contributed by atoms with van der Waals surface area (Å²) >= 11 is 0. The minimum absolute atomic E-state index is 0.135. The van der Waals surface area contributed by atoms with Gasteiger partial charge in [-0.1, -0.05) is 19.1 Å². The average Bonchev–Trinajstić information content (AvgIpc) is 3.58. The van der Waals surface area contributed by atoms with Gasteiger partial charge in [0, 0.05) is 35.8 Å². The first-order valence-electron chi connectivity index (χ1n) is 10.5. The van der Waals surface area contributed by atoms with Gasteiger partial charge in [0.15, 0.2) is 0 Å². The molecule has 2 aromatic carbocycles. The number of nitrogens with one attached hydrogen (secondary N) is 3. The van der Waals surface area contributed by atoms with Crippen molar-refractivity contribution in [2.45, 2.75) is 37.8 Å². The van der Waals surface area contributed by atoms with Crippen LogP contribution in [0.5, 0.6) is 0 Å². The molecule has 1 amide bonds. The molecule has 34 heavy (non-hydrogen) atoms. The van der Waals surface area contributed by atoms with Crippen molar-refractivity contribution >= 4 is 29.4 Å². The molecule has 0 aromatic heterocycles. The fourth-order valence-electron chi connectivity index (χ4n) is 3.65. The van der Waals surface area contributed by atoms with E-state index in [0.717, 1.165) is 24.8 Å². The van der Waals surface area contributed by atoms with Gasteiger partial charge in [-0.15, -0.1) is 0 Å². The first-order chi connectivity index (χ1) is 16.0. The average molecular weight is 477 g/mol. The molecule has 0 saturated heterocycles. The van der Waals surface area contributed by atoms with Crippen LogP contribution in [-0.4, -0.2) is 29.7 Å². The molecule has 1 saturated carbocycles. The third kappa shape index (κ3) is 5.11. The molecule has 0 heterocycles. The Balaban J connectivity index is 1.88. The maximum atomic E-state index is 14.5. The van der Waals surface area contributed by atoms with E-state index < -0.39 is 34.8 Å². The van der Waals surface area contributed by atoms with Gasteiger partial charge in [-0.25, -0.2) is 9.18 Å². The van der Waals surface area contributed by atoms with E-state index in [1.165, 1.54) is 24.4 Å². The molecule has 1 aliphatic carbocycles. The number of halogens is 4. The van der Waals surface area contributed by atoms with Gasteiger partial charge in [0.05, 0.1) is 16.5 Å². The highest BCUT2D eigenvalue weighted by Gasteiger charge is 2.53. The van der Waals surface area contributed by atoms with Gasteiger partial charge in [-0.05, 0) is 49.1 Å². The molecule has 6 nitrogen and oxygen atoms in total. The second-order valence-electron chi connectivity index (χ2n) is 7.99. The summed E-state index contributed by atoms with van der Waals surface area (Å²) in [6.07, 6.45) is -0.842. The van der Waals surface area contributed by atoms with E-state index in [-0.39, 0.29) is 35.2 Å². The summed E-state index contributed by atoms with van der Waals surface area (Å²) in [6, 6.07) is 6.21. The number of carbonyl (C=O) groups excluding carboxylic acids is 1. The summed E-state index contributed by atoms with van der Waals surface area (Å²) in [5, 5.41) is 22.8. The Hall–Kier alpha value is -3.69. The molecule has 180 valence electrons. The van der Waals surface area contributed by atoms with E-state index in [0.29, 0.717) is 18.2 Å². The van der Waals surface area contributed by atoms with Gasteiger partial charge >= 0.3 is 12.1 Å². The van der Waals surface area contributed by atoms with Gasteiger partial charge in [-0.3, -0.25) is 4.79 Å². The zero-order chi connectivity index (χ0) is 25.1. The minimum atomic E-state index is -4.71. The molecule has 10 heteroatoms. The van der Waals surface area contributed by atoms with Crippen LogP contribution < -0.4 is 10.6 Å². The maximum absolute atomic E-state index is 14.5. The van der Waals surface area contributed by atoms with Gasteiger partial charge < -0.3 is 21.1 Å². The quantitative estimate of drug-likeness (QED) is 0.226. The summed E-state index contributed by atoms with van der Waals surface area (Å²) in [7, 11) is 0. The molecule has 0 aliphatic heterocycles. The number of carboxylic acid groups (broad SMARTS) is 1. The predicted octanol–water partition coefficient (Wildman–Crippen LogP) is 5.20. The van der Waals surface area contributed by atoms with Crippen molar-refractivity contribution in [3.63, 3.8) is 0 Å². The van der Waals surface area contributed by atoms with Crippen LogP contribution in [0.4, 0.5) is 23.2 Å². The molecular formula is C24H23F4N3O3. The lowest BCUT2D eigenvalue weighted by Crippen LogP contribution is -2.29. The number of alkyl halides is 3. The second-order valence-corrected chi connectivity index (χ2v) is 7.99. The van der Waals surface area contributed by atoms with E-state index >= 15 is 0 Å². The number of anilines is 1. The topological polar surface area (TPSA) is 102 Å². The molecule has 0 spiro atoms. The third-order valence-corrected chi connectivity index (χ3v) is 5.62. The fraction of sp³-hybridized carbons (Fsp3) is 0.292. The Morgan fingerprint density at radius 1 is 1.15 bits per heavy atom. The summed E-state index contributed by atoms with van der Waals surface area (Å²) in [5.41, 5.74) is -2.03. The van der Waals surface area contributed by atoms with Crippen LogP contribution in [-0.2, 0) is 16.4 Å². The van der Waals surface area contributed by atoms with E-state index in [9.17, 15) is 32.3 Å². The van der Waals surface area contributed by atoms with E-state index in [2.05, 4.69) is 10.6 Å². The molecule has 4 N–H and O–H groups in total. The monoisotopic (exact) mass is 477 g/mol. The number of allylic oxidation sites excluding steroid dienone is 1. The zero-order valence-electron chi connectivity index (χ0n) is 18.2. The van der Waals surface area contributed by atoms with Crippen molar-refractivity contribution < 1.29 is 32.3 Å². The highest BCUT2D eigenvalue weighted by atomic mass is 19.4. The number of hydrogen-bond donors (Lipinski definition) is 4. The summed E-state index contributed by atoms with van der Waals surface area (Å²) in [5.74, 6) is -3.03. The van der Waals surface area contributed by atoms with Crippen molar-refractivity contribution in [3.05, 3.63) is 70.7 Å². The van der Waals surface area contributed by atoms with Crippen molar-refractivity contribution in [3.8, 4) is 0 Å². The Labute approximate surface area is 193 Å². The van der Waals surface area contributed by atoms with Crippen molar-refractivity contribution in [2.24, 2.45) is 0 Å². The van der Waals surface area contributed by atoms with E-state index in [4.69, 9.17) is 5.41 Å². The first-order valence-corrected chi connectivity index (χ1v) is 10.5. The highest BCUT2D eigenvalue weighted by Crippen LogP contribution is 2.50. The lowest BCUT2D eigenvalue weighted by molar-refractivity contribution is -0.137. The van der Waals surface area contributed by atoms with Gasteiger partial charge in [-0.2, -0.15) is 13.2 Å². The fourth-order valence-corrected chi connectivity index (χ4v) is 3.65. The van der Waals surface area contributed by atoms with Crippen LogP contribution >= 0.6 is 0 Å². The number of carbonyl (C=O) groups is 2. The second kappa shape index (κ2) is 9.66. The summed E-state index contributed by atoms with van der Waals surface area (Å²) < 4.78 is 53.0. The van der Waals surface area contributed by atoms with Crippen LogP contribution in [0.15, 0.2) is 42.6 Å². The smallest absolute Gasteiger partial charge is 0.416 e. The lowest BCUT2D eigenvalue weighted by atomic mass is 9.93. The summed E-state index contributed by atoms with van der Waals surface area (Å²) in [4.78, 5) is 24.8. The number of carboxylic acids is 1. The molecular weight excluding hydrogens is 454 g/mol. The number of aromatic carboxylic acids is 1. The first kappa shape index (κ1) is 24.9. The van der Waals surface area contributed by atoms with Crippen molar-refractivity contribution in [2.75, 3.05) is 11.9 Å². The molecule has 3 rings (SSSR count). The lowest BCUT2D eigenvalue weighted by Gasteiger charge is -2.18. The van der Waals surface area contributed by atoms with E-state index in [1.54, 1.807) is 0 Å². The number of rotatable bonds is 9. The van der Waals surface area contributed by atoms with Crippen molar-refractivity contribution in [1.82, 2.24) is 5.32 Å². The van der Waals surface area contributed by atoms with Crippen molar-refractivity contribution in [1.29, 1.82) is 5.41 Å². The largest absolute Gasteiger partial charge is 0.478 e. The molecule has 0 atom stereocenters. The molecule has 1 fully saturated rings. The van der Waals surface area contributed by atoms with E-state index in [1.807, 2.05) is 6.92 Å². The Morgan fingerprint density at radius 3 is 2.38 bits per heavy atom. The third-order valence-electron chi connectivity index (χ3n) is 5.62. The molecule has 0 unspecified atom stereocenters. The van der Waals surface area contributed by atoms with Gasteiger partial charge in [0.25, 0.3) is 0 Å². The summed E-state index contributed by atoms with van der Waals surface area (Å²) in [6.45, 7) is 2.59. The molecule has 0 bridgehead atoms. The molecule has 2 aromatic rings. The Bertz CT molecular complexity index is 1150. The number of amides is 1. The van der Waals surface area contributed by atoms with Crippen LogP contribution in [0.3, 0.4) is 0 Å². The standard InChI is InChI=1S/C24H23F4N3O3/c1-2-9-30-13-14(12-29)17-5-4-16(11-18(17)21(32)33)31-22(34)23(7-8-23)19-6-3-15(10-20(19)25)24(26,27)28/h3-6,10-13,29-30H,2,7-9H2,1H3,(H,31,34)(H,32,33)/b14-13+,29-12?. The molecule has 1 aliphatic rings. The molecule has 0 radical (unpaired) electrons. The van der Waals surface area contributed by atoms with Gasteiger partial charge in [0.2, 0.25) is 5.91 Å². The minimum Gasteiger partial charge on any atom is -0.478 e. The predicted molar refractivity (Wildman–Crippen MR) is 119 cm³/mol.